The smallest absolute Gasteiger partial charge is 0.190 e. The first-order valence-electron chi connectivity index (χ1n) is 18.4. The Balaban J connectivity index is 0.000000251. The van der Waals surface area contributed by atoms with Crippen LogP contribution in [-0.4, -0.2) is 34.6 Å². The molecule has 17 heteroatoms. The third-order valence-electron chi connectivity index (χ3n) is 10.0. The maximum atomic E-state index is 15.2. The summed E-state index contributed by atoms with van der Waals surface area (Å²) in [7, 11) is 3.33. The Morgan fingerprint density at radius 2 is 0.476 bits per heavy atom. The molecule has 0 aliphatic heterocycles. The zero-order valence-electron chi connectivity index (χ0n) is 33.3. The van der Waals surface area contributed by atoms with Crippen LogP contribution in [-0.2, 0) is 10.9 Å². The summed E-state index contributed by atoms with van der Waals surface area (Å²) in [6, 6.07) is 23.9. The Labute approximate surface area is 356 Å². The molecular formula is C46H32BF11O4S. The molecule has 4 nitrogen and oxygen atoms in total. The molecule has 7 rings (SSSR count). The second-order valence-electron chi connectivity index (χ2n) is 13.6. The maximum Gasteiger partial charge on any atom is 0.190 e. The Morgan fingerprint density at radius 3 is 0.635 bits per heavy atom. The van der Waals surface area contributed by atoms with Crippen molar-refractivity contribution in [1.82, 2.24) is 0 Å². The van der Waals surface area contributed by atoms with Gasteiger partial charge in [-0.1, -0.05) is 48.5 Å². The van der Waals surface area contributed by atoms with Crippen LogP contribution >= 0.6 is 0 Å². The van der Waals surface area contributed by atoms with Gasteiger partial charge in [-0.05, 0) is 72.8 Å². The maximum absolute atomic E-state index is 15.2. The summed E-state index contributed by atoms with van der Waals surface area (Å²) in [4.78, 5) is 2.67. The van der Waals surface area contributed by atoms with E-state index in [1.165, 1.54) is 36.4 Å². The molecule has 0 saturated carbocycles. The number of benzene rings is 7. The number of halogens is 11. The van der Waals surface area contributed by atoms with Gasteiger partial charge in [-0.2, -0.15) is 21.9 Å². The van der Waals surface area contributed by atoms with Crippen molar-refractivity contribution in [3.05, 3.63) is 185 Å². The lowest BCUT2D eigenvalue weighted by Crippen LogP contribution is -2.75. The first kappa shape index (κ1) is 45.9. The number of ether oxygens (including phenoxy) is 4. The predicted octanol–water partition coefficient (Wildman–Crippen LogP) is 9.41. The quantitative estimate of drug-likeness (QED) is 0.0738. The van der Waals surface area contributed by atoms with Crippen molar-refractivity contribution in [2.24, 2.45) is 0 Å². The van der Waals surface area contributed by atoms with Gasteiger partial charge in [0.1, 0.15) is 23.6 Å². The number of hydrogen-bond donors (Lipinski definition) is 0. The molecule has 7 aromatic carbocycles. The molecule has 0 spiro atoms. The molecule has 0 atom stereocenters. The Kier molecular flexibility index (Phi) is 14.0. The Bertz CT molecular complexity index is 2310. The molecule has 0 N–H and O–H groups in total. The molecule has 0 bridgehead atoms. The van der Waals surface area contributed by atoms with Crippen molar-refractivity contribution < 1.29 is 67.2 Å². The van der Waals surface area contributed by atoms with Crippen molar-refractivity contribution in [1.29, 1.82) is 0 Å². The van der Waals surface area contributed by atoms with Crippen LogP contribution in [0.2, 0.25) is 0 Å². The van der Waals surface area contributed by atoms with Gasteiger partial charge in [0.25, 0.3) is 0 Å². The van der Waals surface area contributed by atoms with Gasteiger partial charge in [-0.3, -0.25) is 0 Å². The standard InChI is InChI=1S/C28H20BF8O4.C18H12F3S/c1-38-25-17(30)5-13(6-18(25)31)29(14-7-19(32)26(39-2)20(33)8-14,15-9-21(34)27(40-3)22(35)10-15)16-11-23(36)28(41-4)24(37)12-16;19-13-1-7-16(8-2-13)22(17-9-3-14(20)4-10-17)18-11-5-15(21)6-12-18/h5-12H,1-4H3;1-12H/q-1;+1. The summed E-state index contributed by atoms with van der Waals surface area (Å²) in [5, 5.41) is 0. The third-order valence-corrected chi connectivity index (χ3v) is 12.3. The van der Waals surface area contributed by atoms with Crippen LogP contribution in [0.15, 0.2) is 136 Å². The molecule has 0 aliphatic rings. The zero-order valence-corrected chi connectivity index (χ0v) is 34.1. The van der Waals surface area contributed by atoms with E-state index >= 15 is 35.1 Å². The van der Waals surface area contributed by atoms with E-state index in [9.17, 15) is 13.2 Å². The van der Waals surface area contributed by atoms with Gasteiger partial charge in [0.2, 0.25) is 0 Å². The first-order chi connectivity index (χ1) is 30.1. The van der Waals surface area contributed by atoms with Crippen LogP contribution in [0, 0.1) is 64.0 Å². The van der Waals surface area contributed by atoms with E-state index in [4.69, 9.17) is 18.9 Å². The molecule has 63 heavy (non-hydrogen) atoms. The number of methoxy groups -OCH3 is 4. The van der Waals surface area contributed by atoms with Gasteiger partial charge in [-0.15, -0.1) is 0 Å². The molecular weight excluding hydrogens is 868 g/mol. The summed E-state index contributed by atoms with van der Waals surface area (Å²) < 4.78 is 180. The van der Waals surface area contributed by atoms with Crippen LogP contribution in [0.5, 0.6) is 23.0 Å². The van der Waals surface area contributed by atoms with E-state index < -0.39 is 108 Å². The molecule has 0 amide bonds. The van der Waals surface area contributed by atoms with Crippen molar-refractivity contribution in [3.8, 4) is 23.0 Å². The highest BCUT2D eigenvalue weighted by molar-refractivity contribution is 7.97. The molecule has 326 valence electrons. The second-order valence-corrected chi connectivity index (χ2v) is 15.6. The fourth-order valence-electron chi connectivity index (χ4n) is 7.37. The lowest BCUT2D eigenvalue weighted by molar-refractivity contribution is 0.360. The number of rotatable bonds is 11. The van der Waals surface area contributed by atoms with Gasteiger partial charge in [0.15, 0.2) is 84.2 Å². The van der Waals surface area contributed by atoms with E-state index in [0.717, 1.165) is 43.1 Å². The SMILES string of the molecule is COc1c(F)cc([B-](c2cc(F)c(OC)c(F)c2)(c2cc(F)c(OC)c(F)c2)c2cc(F)c(OC)c(F)c2)cc1F.Fc1ccc([S+](c2ccc(F)cc2)c2ccc(F)cc2)cc1. The molecule has 0 aromatic heterocycles. The molecule has 0 fully saturated rings. The summed E-state index contributed by atoms with van der Waals surface area (Å²) in [6.45, 7) is 0. The minimum atomic E-state index is -3.59. The highest BCUT2D eigenvalue weighted by Crippen LogP contribution is 2.32. The zero-order chi connectivity index (χ0) is 45.7. The van der Waals surface area contributed by atoms with Crippen LogP contribution in [0.1, 0.15) is 0 Å². The summed E-state index contributed by atoms with van der Waals surface area (Å²) in [5.74, 6) is -15.0. The largest absolute Gasteiger partial charge is 0.491 e. The average Bonchev–Trinajstić information content (AvgIpc) is 3.23. The van der Waals surface area contributed by atoms with Crippen molar-refractivity contribution in [2.75, 3.05) is 28.4 Å². The van der Waals surface area contributed by atoms with E-state index in [-0.39, 0.29) is 17.5 Å². The van der Waals surface area contributed by atoms with Crippen molar-refractivity contribution in [2.45, 2.75) is 14.7 Å². The lowest BCUT2D eigenvalue weighted by Gasteiger charge is -2.44. The van der Waals surface area contributed by atoms with Gasteiger partial charge in [0, 0.05) is 0 Å². The average molecular weight is 901 g/mol. The third kappa shape index (κ3) is 9.14. The Morgan fingerprint density at radius 1 is 0.302 bits per heavy atom. The Hall–Kier alpha value is -6.62. The monoisotopic (exact) mass is 900 g/mol. The van der Waals surface area contributed by atoms with Crippen LogP contribution in [0.4, 0.5) is 48.3 Å². The molecule has 7 aromatic rings. The van der Waals surface area contributed by atoms with Gasteiger partial charge >= 0.3 is 0 Å². The highest BCUT2D eigenvalue weighted by Gasteiger charge is 2.38. The minimum Gasteiger partial charge on any atom is -0.491 e. The van der Waals surface area contributed by atoms with E-state index in [0.29, 0.717) is 48.5 Å². The fraction of sp³-hybridized carbons (Fsp3) is 0.0870. The molecule has 0 aliphatic carbocycles. The first-order valence-corrected chi connectivity index (χ1v) is 19.6. The van der Waals surface area contributed by atoms with Crippen LogP contribution in [0.3, 0.4) is 0 Å². The molecule has 0 saturated heterocycles. The minimum absolute atomic E-state index is 0.314. The number of hydrogen-bond acceptors (Lipinski definition) is 4. The van der Waals surface area contributed by atoms with E-state index in [2.05, 4.69) is 0 Å². The van der Waals surface area contributed by atoms with Crippen molar-refractivity contribution >= 4 is 38.9 Å². The van der Waals surface area contributed by atoms with Gasteiger partial charge < -0.3 is 18.9 Å². The molecule has 0 heterocycles. The lowest BCUT2D eigenvalue weighted by atomic mass is 9.13. The molecule has 0 radical (unpaired) electrons. The van der Waals surface area contributed by atoms with Crippen LogP contribution < -0.4 is 40.8 Å². The van der Waals surface area contributed by atoms with E-state index in [1.54, 1.807) is 36.4 Å². The van der Waals surface area contributed by atoms with Gasteiger partial charge in [0.05, 0.1) is 39.3 Å². The topological polar surface area (TPSA) is 36.9 Å². The van der Waals surface area contributed by atoms with Gasteiger partial charge in [-0.25, -0.2) is 48.3 Å². The second kappa shape index (κ2) is 19.2. The van der Waals surface area contributed by atoms with Crippen molar-refractivity contribution in [3.63, 3.8) is 0 Å². The highest BCUT2D eigenvalue weighted by atomic mass is 32.2. The van der Waals surface area contributed by atoms with E-state index in [1.807, 2.05) is 0 Å². The molecule has 0 unspecified atom stereocenters. The summed E-state index contributed by atoms with van der Waals surface area (Å²) in [5.41, 5.74) is -2.06. The normalized spacial score (nSPS) is 11.2. The summed E-state index contributed by atoms with van der Waals surface area (Å²) in [6.07, 6.45) is -3.59. The van der Waals surface area contributed by atoms with Crippen LogP contribution in [0.25, 0.3) is 0 Å². The summed E-state index contributed by atoms with van der Waals surface area (Å²) >= 11 is 0. The predicted molar refractivity (Wildman–Crippen MR) is 217 cm³/mol. The fourth-order valence-corrected chi connectivity index (χ4v) is 9.41.